The first-order valence-electron chi connectivity index (χ1n) is 5.73. The van der Waals surface area contributed by atoms with Crippen LogP contribution in [0.5, 0.6) is 0 Å². The van der Waals surface area contributed by atoms with Crippen molar-refractivity contribution in [1.29, 1.82) is 0 Å². The van der Waals surface area contributed by atoms with Crippen molar-refractivity contribution in [3.63, 3.8) is 0 Å². The van der Waals surface area contributed by atoms with E-state index >= 15 is 0 Å². The van der Waals surface area contributed by atoms with Gasteiger partial charge in [-0.25, -0.2) is 0 Å². The second-order valence-electron chi connectivity index (χ2n) is 4.21. The summed E-state index contributed by atoms with van der Waals surface area (Å²) in [5.41, 5.74) is 5.90. The van der Waals surface area contributed by atoms with E-state index in [0.29, 0.717) is 0 Å². The van der Waals surface area contributed by atoms with Crippen molar-refractivity contribution in [3.05, 3.63) is 0 Å². The third-order valence-corrected chi connectivity index (χ3v) is 2.93. The Morgan fingerprint density at radius 2 is 1.45 bits per heavy atom. The van der Waals surface area contributed by atoms with E-state index in [0.717, 1.165) is 25.7 Å². The topological polar surface area (TPSA) is 121 Å². The summed E-state index contributed by atoms with van der Waals surface area (Å²) in [4.78, 5) is 30.8. The van der Waals surface area contributed by atoms with Crippen LogP contribution in [0.2, 0.25) is 0 Å². The summed E-state index contributed by atoms with van der Waals surface area (Å²) in [5, 5.41) is 17.5. The molecule has 106 valence electrons. The van der Waals surface area contributed by atoms with E-state index in [-0.39, 0.29) is 84.3 Å². The van der Waals surface area contributed by atoms with Gasteiger partial charge in [0.05, 0.1) is 13.1 Å². The first-order valence-corrected chi connectivity index (χ1v) is 5.73. The van der Waals surface area contributed by atoms with Gasteiger partial charge in [0.2, 0.25) is 0 Å². The average Bonchev–Trinajstić information content (AvgIpc) is 2.30. The van der Waals surface area contributed by atoms with Gasteiger partial charge in [-0.3, -0.25) is 14.5 Å². The third-order valence-electron chi connectivity index (χ3n) is 2.93. The molecule has 0 aromatic rings. The predicted octanol–water partition coefficient (Wildman–Crippen LogP) is -1.22. The number of hydrogen-bond acceptors (Lipinski definition) is 5. The second-order valence-corrected chi connectivity index (χ2v) is 4.21. The molecule has 0 spiro atoms. The average molecular weight is 306 g/mol. The Morgan fingerprint density at radius 3 is 1.80 bits per heavy atom. The van der Waals surface area contributed by atoms with Crippen LogP contribution in [0, 0.1) is 0 Å². The number of nitrogens with zero attached hydrogens (tertiary/aromatic N) is 1. The van der Waals surface area contributed by atoms with Crippen molar-refractivity contribution in [3.8, 4) is 0 Å². The largest absolute Gasteiger partial charge is 0.480 e. The number of hydrogen-bond donors (Lipinski definition) is 3. The molecular weight excluding hydrogens is 286 g/mol. The molecule has 1 fully saturated rings. The molecule has 7 nitrogen and oxygen atoms in total. The normalized spacial score (nSPS) is 20.7. The van der Waals surface area contributed by atoms with Gasteiger partial charge in [0.1, 0.15) is 6.79 Å². The minimum Gasteiger partial charge on any atom is -0.480 e. The standard InChI is InChI=1S/C10H18N2O4.CH2O.2Na/c11-7-3-1-2-4-8(7)12(5-9(13)14)6-10(15)16;1-2;;/h7-8H,1-6,11H2,(H,13,14)(H,15,16);1H2;;. The van der Waals surface area contributed by atoms with Crippen LogP contribution in [0.15, 0.2) is 0 Å². The van der Waals surface area contributed by atoms with Crippen LogP contribution < -0.4 is 5.73 Å². The van der Waals surface area contributed by atoms with Gasteiger partial charge in [-0.2, -0.15) is 0 Å². The zero-order chi connectivity index (χ0) is 14.1. The Morgan fingerprint density at radius 1 is 1.05 bits per heavy atom. The smallest absolute Gasteiger partial charge is 0.317 e. The molecule has 1 rings (SSSR count). The molecule has 20 heavy (non-hydrogen) atoms. The maximum absolute atomic E-state index is 10.7. The Hall–Kier alpha value is 0.530. The summed E-state index contributed by atoms with van der Waals surface area (Å²) in [7, 11) is 0. The van der Waals surface area contributed by atoms with E-state index < -0.39 is 11.9 Å². The molecule has 2 unspecified atom stereocenters. The summed E-state index contributed by atoms with van der Waals surface area (Å²) in [5.74, 6) is -2.03. The first kappa shape index (κ1) is 25.5. The van der Waals surface area contributed by atoms with Crippen molar-refractivity contribution >= 4 is 77.8 Å². The molecule has 0 aromatic carbocycles. The van der Waals surface area contributed by atoms with Crippen molar-refractivity contribution in [1.82, 2.24) is 4.90 Å². The van der Waals surface area contributed by atoms with Crippen LogP contribution in [0.3, 0.4) is 0 Å². The molecule has 0 amide bonds. The zero-order valence-corrected chi connectivity index (χ0v) is 16.2. The Labute approximate surface area is 162 Å². The van der Waals surface area contributed by atoms with E-state index in [1.54, 1.807) is 0 Å². The van der Waals surface area contributed by atoms with E-state index in [2.05, 4.69) is 0 Å². The van der Waals surface area contributed by atoms with E-state index in [4.69, 9.17) is 20.7 Å². The molecule has 1 aliphatic rings. The zero-order valence-electron chi connectivity index (χ0n) is 12.2. The quantitative estimate of drug-likeness (QED) is 0.544. The maximum Gasteiger partial charge on any atom is 0.317 e. The van der Waals surface area contributed by atoms with E-state index in [1.165, 1.54) is 4.90 Å². The molecule has 9 heteroatoms. The van der Waals surface area contributed by atoms with Crippen LogP contribution in [-0.2, 0) is 14.4 Å². The van der Waals surface area contributed by atoms with Crippen molar-refractivity contribution in [2.75, 3.05) is 13.1 Å². The number of carbonyl (C=O) groups is 3. The van der Waals surface area contributed by atoms with Gasteiger partial charge in [-0.05, 0) is 12.8 Å². The van der Waals surface area contributed by atoms with Gasteiger partial charge in [-0.15, -0.1) is 0 Å². The fourth-order valence-electron chi connectivity index (χ4n) is 2.23. The van der Waals surface area contributed by atoms with Crippen LogP contribution in [-0.4, -0.2) is 118 Å². The Balaban J connectivity index is -0.000000689. The monoisotopic (exact) mass is 306 g/mol. The molecular formula is C11H20N2Na2O5. The summed E-state index contributed by atoms with van der Waals surface area (Å²) in [6, 6.07) is -0.242. The molecule has 1 saturated carbocycles. The molecule has 0 aromatic heterocycles. The minimum absolute atomic E-state index is 0. The fraction of sp³-hybridized carbons (Fsp3) is 0.727. The predicted molar refractivity (Wildman–Crippen MR) is 75.7 cm³/mol. The van der Waals surface area contributed by atoms with Crippen LogP contribution in [0.4, 0.5) is 0 Å². The van der Waals surface area contributed by atoms with Gasteiger partial charge in [-0.1, -0.05) is 12.8 Å². The molecule has 2 radical (unpaired) electrons. The van der Waals surface area contributed by atoms with E-state index in [9.17, 15) is 9.59 Å². The molecule has 0 bridgehead atoms. The van der Waals surface area contributed by atoms with Crippen molar-refractivity contribution < 1.29 is 24.6 Å². The van der Waals surface area contributed by atoms with E-state index in [1.807, 2.05) is 6.79 Å². The number of carbonyl (C=O) groups excluding carboxylic acids is 1. The molecule has 4 N–H and O–H groups in total. The maximum atomic E-state index is 10.7. The summed E-state index contributed by atoms with van der Waals surface area (Å²) in [6.07, 6.45) is 3.63. The molecule has 1 aliphatic carbocycles. The molecule has 2 atom stereocenters. The number of carboxylic acids is 2. The van der Waals surface area contributed by atoms with Crippen LogP contribution >= 0.6 is 0 Å². The van der Waals surface area contributed by atoms with Gasteiger partial charge in [0.25, 0.3) is 0 Å². The van der Waals surface area contributed by atoms with Gasteiger partial charge in [0, 0.05) is 71.2 Å². The first-order chi connectivity index (χ1) is 8.50. The molecule has 0 saturated heterocycles. The third kappa shape index (κ3) is 10.3. The summed E-state index contributed by atoms with van der Waals surface area (Å²) >= 11 is 0. The Kier molecular flexibility index (Phi) is 18.4. The summed E-state index contributed by atoms with van der Waals surface area (Å²) < 4.78 is 0. The number of nitrogens with two attached hydrogens (primary N) is 1. The molecule has 0 aliphatic heterocycles. The van der Waals surface area contributed by atoms with Gasteiger partial charge < -0.3 is 20.7 Å². The second kappa shape index (κ2) is 14.5. The SMILES string of the molecule is C=O.NC1CCCCC1N(CC(=O)O)CC(=O)O.[Na].[Na]. The Bertz CT molecular complexity index is 278. The van der Waals surface area contributed by atoms with Crippen molar-refractivity contribution in [2.24, 2.45) is 5.73 Å². The molecule has 0 heterocycles. The fourth-order valence-corrected chi connectivity index (χ4v) is 2.23. The number of carboxylic acid groups (broad SMARTS) is 2. The van der Waals surface area contributed by atoms with Gasteiger partial charge >= 0.3 is 11.9 Å². The number of rotatable bonds is 5. The van der Waals surface area contributed by atoms with Crippen LogP contribution in [0.1, 0.15) is 25.7 Å². The van der Waals surface area contributed by atoms with Crippen LogP contribution in [0.25, 0.3) is 0 Å². The minimum atomic E-state index is -1.01. The van der Waals surface area contributed by atoms with Gasteiger partial charge in [0.15, 0.2) is 0 Å². The summed E-state index contributed by atoms with van der Waals surface area (Å²) in [6.45, 7) is 1.48. The van der Waals surface area contributed by atoms with Crippen molar-refractivity contribution in [2.45, 2.75) is 37.8 Å². The number of aliphatic carboxylic acids is 2.